The van der Waals surface area contributed by atoms with E-state index in [1.807, 2.05) is 60.7 Å². The summed E-state index contributed by atoms with van der Waals surface area (Å²) in [5.74, 6) is 0. The lowest BCUT2D eigenvalue weighted by Gasteiger charge is -1.91. The summed E-state index contributed by atoms with van der Waals surface area (Å²) < 4.78 is 7.28. The molecule has 2 aromatic carbocycles. The molecule has 1 nitrogen and oxygen atoms in total. The molecule has 0 radical (unpaired) electrons. The van der Waals surface area contributed by atoms with Gasteiger partial charge in [0.15, 0.2) is 0 Å². The molecule has 2 rings (SSSR count). The van der Waals surface area contributed by atoms with E-state index in [1.54, 1.807) is 0 Å². The van der Waals surface area contributed by atoms with Gasteiger partial charge in [-0.3, -0.25) is 0 Å². The molecule has 0 saturated carbocycles. The van der Waals surface area contributed by atoms with Gasteiger partial charge in [-0.05, 0) is 47.5 Å². The van der Waals surface area contributed by atoms with Gasteiger partial charge >= 0.3 is 0 Å². The van der Waals surface area contributed by atoms with Crippen LogP contribution >= 0.6 is 31.9 Å². The van der Waals surface area contributed by atoms with E-state index >= 15 is 0 Å². The van der Waals surface area contributed by atoms with Crippen LogP contribution in [0.2, 0.25) is 0 Å². The molecule has 0 atom stereocenters. The van der Waals surface area contributed by atoms with E-state index in [-0.39, 0.29) is 0 Å². The SMILES string of the molecule is Brc1ccc(C=C=COC=C=Cc2ccc(Br)cc2)cc1. The third-order valence-corrected chi connectivity index (χ3v) is 3.57. The average Bonchev–Trinajstić information content (AvgIpc) is 2.50. The van der Waals surface area contributed by atoms with Crippen LogP contribution in [-0.4, -0.2) is 0 Å². The van der Waals surface area contributed by atoms with Crippen LogP contribution in [0.25, 0.3) is 12.2 Å². The average molecular weight is 404 g/mol. The lowest BCUT2D eigenvalue weighted by molar-refractivity contribution is 0.405. The summed E-state index contributed by atoms with van der Waals surface area (Å²) in [7, 11) is 0. The second-order valence-corrected chi connectivity index (χ2v) is 5.93. The summed E-state index contributed by atoms with van der Waals surface area (Å²) in [4.78, 5) is 0. The summed E-state index contributed by atoms with van der Waals surface area (Å²) in [6.07, 6.45) is 6.67. The molecular weight excluding hydrogens is 392 g/mol. The fraction of sp³-hybridized carbons (Fsp3) is 0. The first kappa shape index (κ1) is 15.6. The third-order valence-electron chi connectivity index (χ3n) is 2.51. The van der Waals surface area contributed by atoms with E-state index in [0.717, 1.165) is 20.1 Å². The quantitative estimate of drug-likeness (QED) is 0.437. The van der Waals surface area contributed by atoms with Crippen molar-refractivity contribution in [1.29, 1.82) is 0 Å². The molecule has 0 aliphatic carbocycles. The van der Waals surface area contributed by atoms with Crippen molar-refractivity contribution < 1.29 is 4.74 Å². The Morgan fingerprint density at radius 2 is 1.05 bits per heavy atom. The van der Waals surface area contributed by atoms with Gasteiger partial charge in [-0.2, -0.15) is 0 Å². The van der Waals surface area contributed by atoms with Gasteiger partial charge in [-0.25, -0.2) is 0 Å². The fourth-order valence-electron chi connectivity index (χ4n) is 1.49. The zero-order valence-corrected chi connectivity index (χ0v) is 14.3. The maximum atomic E-state index is 5.17. The van der Waals surface area contributed by atoms with Gasteiger partial charge in [0.05, 0.1) is 0 Å². The molecule has 0 bridgehead atoms. The molecule has 104 valence electrons. The predicted octanol–water partition coefficient (Wildman–Crippen LogP) is 6.18. The first-order valence-electron chi connectivity index (χ1n) is 6.22. The molecule has 0 spiro atoms. The molecule has 0 fully saturated rings. The molecule has 21 heavy (non-hydrogen) atoms. The molecule has 0 saturated heterocycles. The first-order chi connectivity index (χ1) is 10.2. The number of rotatable bonds is 4. The van der Waals surface area contributed by atoms with E-state index < -0.39 is 0 Å². The Balaban J connectivity index is 1.88. The second-order valence-electron chi connectivity index (χ2n) is 4.10. The Hall–Kier alpha value is -1.76. The number of hydrogen-bond donors (Lipinski definition) is 0. The van der Waals surface area contributed by atoms with Crippen molar-refractivity contribution in [2.24, 2.45) is 0 Å². The minimum absolute atomic E-state index is 1.06. The molecular formula is C18H12Br2O. The van der Waals surface area contributed by atoms with E-state index in [1.165, 1.54) is 12.5 Å². The largest absolute Gasteiger partial charge is 0.456 e. The van der Waals surface area contributed by atoms with Crippen molar-refractivity contribution in [3.8, 4) is 0 Å². The lowest BCUT2D eigenvalue weighted by Crippen LogP contribution is -1.69. The minimum Gasteiger partial charge on any atom is -0.456 e. The van der Waals surface area contributed by atoms with Crippen molar-refractivity contribution in [2.75, 3.05) is 0 Å². The zero-order valence-electron chi connectivity index (χ0n) is 11.1. The number of halogens is 2. The number of ether oxygens (including phenoxy) is 1. The van der Waals surface area contributed by atoms with Crippen molar-refractivity contribution in [3.05, 3.63) is 92.6 Å². The molecule has 3 heteroatoms. The Kier molecular flexibility index (Phi) is 6.33. The molecule has 0 unspecified atom stereocenters. The fourth-order valence-corrected chi connectivity index (χ4v) is 2.02. The summed E-state index contributed by atoms with van der Waals surface area (Å²) in [5, 5.41) is 0. The molecule has 0 amide bonds. The summed E-state index contributed by atoms with van der Waals surface area (Å²) in [6, 6.07) is 15.9. The summed E-state index contributed by atoms with van der Waals surface area (Å²) in [6.45, 7) is 0. The normalized spacial score (nSPS) is 9.05. The first-order valence-corrected chi connectivity index (χ1v) is 7.81. The zero-order chi connectivity index (χ0) is 14.9. The van der Waals surface area contributed by atoms with Gasteiger partial charge < -0.3 is 4.74 Å². The molecule has 2 aromatic rings. The van der Waals surface area contributed by atoms with E-state index in [0.29, 0.717) is 0 Å². The van der Waals surface area contributed by atoms with E-state index in [9.17, 15) is 0 Å². The van der Waals surface area contributed by atoms with Gasteiger partial charge in [0, 0.05) is 8.95 Å². The smallest absolute Gasteiger partial charge is 0.133 e. The van der Waals surface area contributed by atoms with E-state index in [2.05, 4.69) is 43.3 Å². The Bertz CT molecular complexity index is 636. The monoisotopic (exact) mass is 402 g/mol. The van der Waals surface area contributed by atoms with Gasteiger partial charge in [0.2, 0.25) is 0 Å². The van der Waals surface area contributed by atoms with Gasteiger partial charge in [0.1, 0.15) is 12.5 Å². The van der Waals surface area contributed by atoms with Crippen LogP contribution in [-0.2, 0) is 4.74 Å². The van der Waals surface area contributed by atoms with Crippen LogP contribution in [0.1, 0.15) is 11.1 Å². The van der Waals surface area contributed by atoms with Crippen LogP contribution in [0.15, 0.2) is 81.5 Å². The van der Waals surface area contributed by atoms with Crippen LogP contribution in [0, 0.1) is 0 Å². The molecule has 0 aliphatic heterocycles. The maximum Gasteiger partial charge on any atom is 0.133 e. The number of benzene rings is 2. The maximum absolute atomic E-state index is 5.17. The molecule has 0 aliphatic rings. The van der Waals surface area contributed by atoms with Crippen molar-refractivity contribution in [2.45, 2.75) is 0 Å². The minimum atomic E-state index is 1.06. The Morgan fingerprint density at radius 1 is 0.667 bits per heavy atom. The van der Waals surface area contributed by atoms with Gasteiger partial charge in [-0.15, -0.1) is 0 Å². The molecule has 0 N–H and O–H groups in total. The van der Waals surface area contributed by atoms with Gasteiger partial charge in [0.25, 0.3) is 0 Å². The van der Waals surface area contributed by atoms with Crippen LogP contribution in [0.3, 0.4) is 0 Å². The standard InChI is InChI=1S/C18H12Br2O/c19-17-9-5-15(6-10-17)3-1-13-21-14-2-4-16-7-11-18(20)12-8-16/h3-14H. The highest BCUT2D eigenvalue weighted by Gasteiger charge is 1.86. The van der Waals surface area contributed by atoms with Crippen LogP contribution in [0.5, 0.6) is 0 Å². The van der Waals surface area contributed by atoms with Crippen LogP contribution < -0.4 is 0 Å². The lowest BCUT2D eigenvalue weighted by atomic mass is 10.2. The summed E-state index contributed by atoms with van der Waals surface area (Å²) >= 11 is 6.79. The van der Waals surface area contributed by atoms with Crippen molar-refractivity contribution >= 4 is 44.0 Å². The second kappa shape index (κ2) is 8.51. The Morgan fingerprint density at radius 3 is 1.43 bits per heavy atom. The Labute approximate surface area is 141 Å². The number of hydrogen-bond acceptors (Lipinski definition) is 1. The van der Waals surface area contributed by atoms with Crippen molar-refractivity contribution in [3.63, 3.8) is 0 Å². The molecule has 0 heterocycles. The topological polar surface area (TPSA) is 9.23 Å². The van der Waals surface area contributed by atoms with Crippen molar-refractivity contribution in [1.82, 2.24) is 0 Å². The third kappa shape index (κ3) is 6.03. The van der Waals surface area contributed by atoms with Gasteiger partial charge in [-0.1, -0.05) is 67.6 Å². The molecule has 0 aromatic heterocycles. The highest BCUT2D eigenvalue weighted by atomic mass is 79.9. The summed E-state index contributed by atoms with van der Waals surface area (Å²) in [5.41, 5.74) is 8.02. The highest BCUT2D eigenvalue weighted by molar-refractivity contribution is 9.10. The predicted molar refractivity (Wildman–Crippen MR) is 94.5 cm³/mol. The van der Waals surface area contributed by atoms with E-state index in [4.69, 9.17) is 4.74 Å². The highest BCUT2D eigenvalue weighted by Crippen LogP contribution is 2.11. The van der Waals surface area contributed by atoms with Crippen LogP contribution in [0.4, 0.5) is 0 Å².